The van der Waals surface area contributed by atoms with Crippen LogP contribution in [-0.2, 0) is 16.4 Å². The summed E-state index contributed by atoms with van der Waals surface area (Å²) in [5.74, 6) is 0.143. The van der Waals surface area contributed by atoms with Crippen molar-refractivity contribution in [2.75, 3.05) is 5.32 Å². The van der Waals surface area contributed by atoms with E-state index in [2.05, 4.69) is 20.2 Å². The number of furan rings is 1. The fraction of sp³-hybridized carbons (Fsp3) is 0.227. The number of nitrogens with zero attached hydrogens (tertiary/aromatic N) is 2. The second kappa shape index (κ2) is 8.54. The highest BCUT2D eigenvalue weighted by atomic mass is 32.2. The molecule has 8 nitrogen and oxygen atoms in total. The molecule has 0 atom stereocenters. The second-order valence-electron chi connectivity index (χ2n) is 7.49. The highest BCUT2D eigenvalue weighted by Crippen LogP contribution is 2.30. The first-order chi connectivity index (χ1) is 15.2. The first kappa shape index (κ1) is 21.7. The average Bonchev–Trinajstić information content (AvgIpc) is 3.10. The molecule has 0 fully saturated rings. The topological polar surface area (TPSA) is 114 Å². The quantitative estimate of drug-likeness (QED) is 0.568. The molecule has 2 aromatic heterocycles. The lowest BCUT2D eigenvalue weighted by Gasteiger charge is -2.14. The normalized spacial score (nSPS) is 14.8. The fourth-order valence-electron chi connectivity index (χ4n) is 3.56. The van der Waals surface area contributed by atoms with Gasteiger partial charge in [-0.1, -0.05) is 0 Å². The summed E-state index contributed by atoms with van der Waals surface area (Å²) in [7, 11) is -3.97. The highest BCUT2D eigenvalue weighted by Gasteiger charge is 2.28. The van der Waals surface area contributed by atoms with Crippen LogP contribution in [0.25, 0.3) is 0 Å². The van der Waals surface area contributed by atoms with E-state index in [4.69, 9.17) is 4.42 Å². The Hall–Kier alpha value is -3.53. The summed E-state index contributed by atoms with van der Waals surface area (Å²) >= 11 is 0. The zero-order chi connectivity index (χ0) is 22.9. The van der Waals surface area contributed by atoms with Crippen LogP contribution in [0.2, 0.25) is 0 Å². The second-order valence-corrected chi connectivity index (χ2v) is 9.15. The minimum Gasteiger partial charge on any atom is -0.455 e. The number of anilines is 1. The molecule has 1 amide bonds. The number of hydrazone groups is 1. The van der Waals surface area contributed by atoms with E-state index in [1.54, 1.807) is 19.2 Å². The van der Waals surface area contributed by atoms with Crippen molar-refractivity contribution < 1.29 is 22.0 Å². The number of rotatable bonds is 5. The average molecular weight is 456 g/mol. The van der Waals surface area contributed by atoms with Gasteiger partial charge in [0.25, 0.3) is 15.9 Å². The molecule has 10 heteroatoms. The molecule has 0 aliphatic heterocycles. The smallest absolute Gasteiger partial charge is 0.292 e. The summed E-state index contributed by atoms with van der Waals surface area (Å²) in [4.78, 5) is 19.0. The van der Waals surface area contributed by atoms with Crippen molar-refractivity contribution in [2.45, 2.75) is 38.0 Å². The molecule has 0 saturated heterocycles. The molecule has 3 aromatic rings. The maximum Gasteiger partial charge on any atom is 0.292 e. The van der Waals surface area contributed by atoms with Crippen LogP contribution >= 0.6 is 0 Å². The number of benzene rings is 1. The van der Waals surface area contributed by atoms with Gasteiger partial charge < -0.3 is 9.73 Å². The Balaban J connectivity index is 1.60. The zero-order valence-corrected chi connectivity index (χ0v) is 18.3. The van der Waals surface area contributed by atoms with Gasteiger partial charge in [-0.15, -0.1) is 0 Å². The molecule has 0 spiro atoms. The molecule has 1 aromatic carbocycles. The molecule has 0 saturated carbocycles. The molecule has 1 aliphatic rings. The van der Waals surface area contributed by atoms with E-state index in [1.807, 2.05) is 13.0 Å². The largest absolute Gasteiger partial charge is 0.455 e. The summed E-state index contributed by atoms with van der Waals surface area (Å²) in [6.07, 6.45) is 3.41. The van der Waals surface area contributed by atoms with Gasteiger partial charge in [-0.05, 0) is 68.7 Å². The number of carbonyl (C=O) groups is 1. The minimum atomic E-state index is -3.97. The highest BCUT2D eigenvalue weighted by molar-refractivity contribution is 7.89. The fourth-order valence-corrected chi connectivity index (χ4v) is 4.39. The van der Waals surface area contributed by atoms with Gasteiger partial charge in [0.15, 0.2) is 5.76 Å². The standard InChI is InChI=1S/C22H21FN4O4S/c1-13-10-11-24-19(12-13)25-22(28)21-14(2)20-17(4-3-5-18(20)31-21)26-27-32(29,30)16-8-6-15(23)7-9-16/h6-12,27H,3-5H2,1-2H3,(H,24,25,28)/b26-17+. The zero-order valence-electron chi connectivity index (χ0n) is 17.5. The lowest BCUT2D eigenvalue weighted by molar-refractivity contribution is 0.0993. The number of sulfonamides is 1. The Kier molecular flexibility index (Phi) is 5.79. The van der Waals surface area contributed by atoms with E-state index in [0.29, 0.717) is 47.7 Å². The lowest BCUT2D eigenvalue weighted by Crippen LogP contribution is -2.22. The summed E-state index contributed by atoms with van der Waals surface area (Å²) in [6, 6.07) is 8.02. The SMILES string of the molecule is Cc1ccnc(NC(=O)c2oc3c(c2C)/C(=N/NS(=O)(=O)c2ccc(F)cc2)CCC3)c1. The third-order valence-corrected chi connectivity index (χ3v) is 6.34. The maximum absolute atomic E-state index is 13.1. The number of aryl methyl sites for hydroxylation is 2. The van der Waals surface area contributed by atoms with Crippen LogP contribution in [-0.4, -0.2) is 25.0 Å². The number of amides is 1. The van der Waals surface area contributed by atoms with Crippen molar-refractivity contribution in [3.63, 3.8) is 0 Å². The van der Waals surface area contributed by atoms with Crippen LogP contribution in [0.5, 0.6) is 0 Å². The Morgan fingerprint density at radius 3 is 2.62 bits per heavy atom. The van der Waals surface area contributed by atoms with Gasteiger partial charge >= 0.3 is 0 Å². The molecule has 32 heavy (non-hydrogen) atoms. The van der Waals surface area contributed by atoms with Gasteiger partial charge in [-0.25, -0.2) is 9.37 Å². The van der Waals surface area contributed by atoms with E-state index < -0.39 is 21.7 Å². The molecule has 0 unspecified atom stereocenters. The molecule has 166 valence electrons. The predicted molar refractivity (Wildman–Crippen MR) is 117 cm³/mol. The van der Waals surface area contributed by atoms with Gasteiger partial charge in [0, 0.05) is 23.7 Å². The molecular formula is C22H21FN4O4S. The number of halogens is 1. The Morgan fingerprint density at radius 2 is 1.91 bits per heavy atom. The van der Waals surface area contributed by atoms with Gasteiger partial charge in [0.2, 0.25) is 0 Å². The van der Waals surface area contributed by atoms with Crippen molar-refractivity contribution in [1.29, 1.82) is 0 Å². The predicted octanol–water partition coefficient (Wildman–Crippen LogP) is 3.70. The summed E-state index contributed by atoms with van der Waals surface area (Å²) in [5.41, 5.74) is 2.63. The van der Waals surface area contributed by atoms with Gasteiger partial charge in [-0.2, -0.15) is 18.4 Å². The lowest BCUT2D eigenvalue weighted by atomic mass is 9.93. The Labute approximate surface area is 184 Å². The van der Waals surface area contributed by atoms with Crippen LogP contribution in [0.15, 0.2) is 57.0 Å². The molecule has 0 radical (unpaired) electrons. The molecule has 0 bridgehead atoms. The van der Waals surface area contributed by atoms with E-state index in [9.17, 15) is 17.6 Å². The monoisotopic (exact) mass is 456 g/mol. The molecular weight excluding hydrogens is 435 g/mol. The number of hydrogen-bond acceptors (Lipinski definition) is 6. The number of carbonyl (C=O) groups excluding carboxylic acids is 1. The van der Waals surface area contributed by atoms with Crippen LogP contribution in [0, 0.1) is 19.7 Å². The first-order valence-electron chi connectivity index (χ1n) is 9.95. The third kappa shape index (κ3) is 4.40. The molecule has 2 heterocycles. The molecule has 4 rings (SSSR count). The van der Waals surface area contributed by atoms with Gasteiger partial charge in [0.05, 0.1) is 10.6 Å². The van der Waals surface area contributed by atoms with E-state index in [1.165, 1.54) is 0 Å². The number of aromatic nitrogens is 1. The number of hydrogen-bond donors (Lipinski definition) is 2. The number of fused-ring (bicyclic) bond motifs is 1. The minimum absolute atomic E-state index is 0.103. The summed E-state index contributed by atoms with van der Waals surface area (Å²) in [6.45, 7) is 3.63. The molecule has 1 aliphatic carbocycles. The molecule has 2 N–H and O–H groups in total. The summed E-state index contributed by atoms with van der Waals surface area (Å²) in [5, 5.41) is 6.83. The van der Waals surface area contributed by atoms with E-state index in [0.717, 1.165) is 29.8 Å². The first-order valence-corrected chi connectivity index (χ1v) is 11.4. The van der Waals surface area contributed by atoms with Crippen molar-refractivity contribution >= 4 is 27.5 Å². The van der Waals surface area contributed by atoms with Crippen molar-refractivity contribution in [3.8, 4) is 0 Å². The van der Waals surface area contributed by atoms with Crippen LogP contribution in [0.1, 0.15) is 45.8 Å². The van der Waals surface area contributed by atoms with Crippen LogP contribution < -0.4 is 10.1 Å². The number of pyridine rings is 1. The summed E-state index contributed by atoms with van der Waals surface area (Å²) < 4.78 is 43.9. The van der Waals surface area contributed by atoms with Crippen molar-refractivity contribution in [1.82, 2.24) is 9.82 Å². The van der Waals surface area contributed by atoms with E-state index >= 15 is 0 Å². The third-order valence-electron chi connectivity index (χ3n) is 5.11. The van der Waals surface area contributed by atoms with Gasteiger partial charge in [0.1, 0.15) is 17.4 Å². The van der Waals surface area contributed by atoms with Crippen LogP contribution in [0.3, 0.4) is 0 Å². The van der Waals surface area contributed by atoms with Crippen molar-refractivity contribution in [2.24, 2.45) is 5.10 Å². The van der Waals surface area contributed by atoms with Gasteiger partial charge in [-0.3, -0.25) is 4.79 Å². The van der Waals surface area contributed by atoms with E-state index in [-0.39, 0.29) is 10.7 Å². The van der Waals surface area contributed by atoms with Crippen molar-refractivity contribution in [3.05, 3.63) is 76.6 Å². The maximum atomic E-state index is 13.1. The Bertz CT molecular complexity index is 1310. The Morgan fingerprint density at radius 1 is 1.16 bits per heavy atom. The number of nitrogens with one attached hydrogen (secondary N) is 2. The van der Waals surface area contributed by atoms with Crippen LogP contribution in [0.4, 0.5) is 10.2 Å².